The van der Waals surface area contributed by atoms with Crippen molar-refractivity contribution in [2.24, 2.45) is 0 Å². The second-order valence-corrected chi connectivity index (χ2v) is 5.91. The summed E-state index contributed by atoms with van der Waals surface area (Å²) in [6.07, 6.45) is 0.967. The molecule has 0 N–H and O–H groups in total. The predicted octanol–water partition coefficient (Wildman–Crippen LogP) is 3.20. The highest BCUT2D eigenvalue weighted by atomic mass is 32.2. The van der Waals surface area contributed by atoms with Gasteiger partial charge in [-0.1, -0.05) is 61.2 Å². The van der Waals surface area contributed by atoms with Gasteiger partial charge < -0.3 is 0 Å². The molecule has 1 aromatic heterocycles. The Labute approximate surface area is 138 Å². The molecule has 0 saturated heterocycles. The third-order valence-electron chi connectivity index (χ3n) is 3.46. The Hall–Kier alpha value is -2.47. The van der Waals surface area contributed by atoms with E-state index in [1.165, 1.54) is 17.3 Å². The van der Waals surface area contributed by atoms with Crippen molar-refractivity contribution in [1.82, 2.24) is 20.2 Å². The molecule has 23 heavy (non-hydrogen) atoms. The summed E-state index contributed by atoms with van der Waals surface area (Å²) in [4.78, 5) is 12.3. The summed E-state index contributed by atoms with van der Waals surface area (Å²) in [6.45, 7) is 2.09. The van der Waals surface area contributed by atoms with Gasteiger partial charge in [-0.3, -0.25) is 4.79 Å². The van der Waals surface area contributed by atoms with Crippen molar-refractivity contribution in [1.29, 1.82) is 0 Å². The number of aryl methyl sites for hydroxylation is 1. The first-order valence-corrected chi connectivity index (χ1v) is 8.35. The van der Waals surface area contributed by atoms with Crippen molar-refractivity contribution in [2.45, 2.75) is 18.5 Å². The van der Waals surface area contributed by atoms with Gasteiger partial charge in [0, 0.05) is 5.56 Å². The molecule has 0 atom stereocenters. The minimum absolute atomic E-state index is 0.0697. The van der Waals surface area contributed by atoms with Crippen molar-refractivity contribution >= 4 is 17.5 Å². The molecule has 3 aromatic rings. The van der Waals surface area contributed by atoms with Gasteiger partial charge in [0.15, 0.2) is 5.78 Å². The first kappa shape index (κ1) is 15.4. The maximum Gasteiger partial charge on any atom is 0.214 e. The molecular weight excluding hydrogens is 308 g/mol. The summed E-state index contributed by atoms with van der Waals surface area (Å²) in [5.41, 5.74) is 2.82. The quantitative estimate of drug-likeness (QED) is 0.515. The molecule has 3 rings (SSSR count). The Morgan fingerprint density at radius 3 is 2.52 bits per heavy atom. The van der Waals surface area contributed by atoms with E-state index in [9.17, 15) is 4.79 Å². The number of aromatic nitrogens is 4. The van der Waals surface area contributed by atoms with E-state index in [0.29, 0.717) is 16.5 Å². The molecule has 0 aliphatic carbocycles. The number of para-hydroxylation sites is 1. The zero-order valence-electron chi connectivity index (χ0n) is 12.7. The van der Waals surface area contributed by atoms with Gasteiger partial charge in [0.05, 0.1) is 11.4 Å². The van der Waals surface area contributed by atoms with E-state index in [-0.39, 0.29) is 5.78 Å². The van der Waals surface area contributed by atoms with Gasteiger partial charge in [-0.2, -0.15) is 4.68 Å². The van der Waals surface area contributed by atoms with Gasteiger partial charge in [-0.15, -0.1) is 5.10 Å². The number of carbonyl (C=O) groups is 1. The van der Waals surface area contributed by atoms with Crippen LogP contribution in [-0.2, 0) is 6.42 Å². The molecule has 5 nitrogen and oxygen atoms in total. The van der Waals surface area contributed by atoms with E-state index in [2.05, 4.69) is 22.4 Å². The van der Waals surface area contributed by atoms with Gasteiger partial charge in [0.1, 0.15) is 0 Å². The van der Waals surface area contributed by atoms with Crippen molar-refractivity contribution < 1.29 is 4.79 Å². The van der Waals surface area contributed by atoms with Crippen LogP contribution in [0.5, 0.6) is 0 Å². The monoisotopic (exact) mass is 324 g/mol. The van der Waals surface area contributed by atoms with Crippen LogP contribution in [0.3, 0.4) is 0 Å². The van der Waals surface area contributed by atoms with E-state index in [0.717, 1.165) is 12.1 Å². The molecule has 0 bridgehead atoms. The smallest absolute Gasteiger partial charge is 0.214 e. The molecule has 0 amide bonds. The van der Waals surface area contributed by atoms with Crippen LogP contribution in [0.1, 0.15) is 22.8 Å². The third-order valence-corrected chi connectivity index (χ3v) is 4.38. The predicted molar refractivity (Wildman–Crippen MR) is 90.0 cm³/mol. The van der Waals surface area contributed by atoms with Gasteiger partial charge in [0.2, 0.25) is 5.16 Å². The summed E-state index contributed by atoms with van der Waals surface area (Å²) in [5.74, 6) is 0.374. The summed E-state index contributed by atoms with van der Waals surface area (Å²) in [7, 11) is 0. The number of tetrazole rings is 1. The average Bonchev–Trinajstić information content (AvgIpc) is 3.09. The number of nitrogens with zero attached hydrogens (tertiary/aromatic N) is 4. The van der Waals surface area contributed by atoms with Gasteiger partial charge >= 0.3 is 0 Å². The highest BCUT2D eigenvalue weighted by Crippen LogP contribution is 2.19. The van der Waals surface area contributed by atoms with Gasteiger partial charge in [-0.05, 0) is 34.5 Å². The SMILES string of the molecule is CCc1ccc(C(=O)CSc2nnnn2-c2ccccc2)cc1. The molecule has 0 unspecified atom stereocenters. The Kier molecular flexibility index (Phi) is 4.83. The number of carbonyl (C=O) groups excluding carboxylic acids is 1. The molecule has 116 valence electrons. The maximum absolute atomic E-state index is 12.3. The minimum atomic E-state index is 0.0697. The second kappa shape index (κ2) is 7.19. The lowest BCUT2D eigenvalue weighted by molar-refractivity contribution is 0.102. The minimum Gasteiger partial charge on any atom is -0.293 e. The Balaban J connectivity index is 1.69. The lowest BCUT2D eigenvalue weighted by Crippen LogP contribution is -2.05. The van der Waals surface area contributed by atoms with Crippen LogP contribution in [0.25, 0.3) is 5.69 Å². The number of hydrogen-bond acceptors (Lipinski definition) is 5. The van der Waals surface area contributed by atoms with Crippen LogP contribution < -0.4 is 0 Å². The van der Waals surface area contributed by atoms with Crippen molar-refractivity contribution in [3.63, 3.8) is 0 Å². The molecule has 0 aliphatic heterocycles. The van der Waals surface area contributed by atoms with Gasteiger partial charge in [0.25, 0.3) is 0 Å². The Morgan fingerprint density at radius 1 is 1.09 bits per heavy atom. The normalized spacial score (nSPS) is 10.7. The maximum atomic E-state index is 12.3. The largest absolute Gasteiger partial charge is 0.293 e. The first-order valence-electron chi connectivity index (χ1n) is 7.36. The van der Waals surface area contributed by atoms with E-state index in [1.54, 1.807) is 4.68 Å². The molecule has 0 saturated carbocycles. The van der Waals surface area contributed by atoms with E-state index < -0.39 is 0 Å². The lowest BCUT2D eigenvalue weighted by atomic mass is 10.1. The van der Waals surface area contributed by atoms with Crippen molar-refractivity contribution in [2.75, 3.05) is 5.75 Å². The van der Waals surface area contributed by atoms with E-state index in [1.807, 2.05) is 54.6 Å². The number of thioether (sulfide) groups is 1. The molecule has 6 heteroatoms. The fourth-order valence-electron chi connectivity index (χ4n) is 2.14. The fourth-order valence-corrected chi connectivity index (χ4v) is 2.93. The molecule has 1 heterocycles. The molecule has 0 aliphatic rings. The molecule has 0 fully saturated rings. The standard InChI is InChI=1S/C17H16N4OS/c1-2-13-8-10-14(11-9-13)16(22)12-23-17-18-19-20-21(17)15-6-4-3-5-7-15/h3-11H,2,12H2,1H3. The highest BCUT2D eigenvalue weighted by Gasteiger charge is 2.12. The lowest BCUT2D eigenvalue weighted by Gasteiger charge is -2.04. The van der Waals surface area contributed by atoms with Crippen LogP contribution in [0.15, 0.2) is 59.8 Å². The molecule has 0 radical (unpaired) electrons. The van der Waals surface area contributed by atoms with Gasteiger partial charge in [-0.25, -0.2) is 0 Å². The number of hydrogen-bond donors (Lipinski definition) is 0. The summed E-state index contributed by atoms with van der Waals surface area (Å²) in [6, 6.07) is 17.4. The summed E-state index contributed by atoms with van der Waals surface area (Å²) >= 11 is 1.34. The fraction of sp³-hybridized carbons (Fsp3) is 0.176. The van der Waals surface area contributed by atoms with E-state index >= 15 is 0 Å². The van der Waals surface area contributed by atoms with Crippen molar-refractivity contribution in [3.8, 4) is 5.69 Å². The third kappa shape index (κ3) is 3.65. The van der Waals surface area contributed by atoms with Crippen LogP contribution in [0, 0.1) is 0 Å². The zero-order chi connectivity index (χ0) is 16.1. The van der Waals surface area contributed by atoms with Crippen LogP contribution in [0.2, 0.25) is 0 Å². The van der Waals surface area contributed by atoms with Crippen LogP contribution in [-0.4, -0.2) is 31.7 Å². The Bertz CT molecular complexity index is 784. The second-order valence-electron chi connectivity index (χ2n) is 4.97. The molecule has 0 spiro atoms. The van der Waals surface area contributed by atoms with Crippen molar-refractivity contribution in [3.05, 3.63) is 65.7 Å². The first-order chi connectivity index (χ1) is 11.3. The number of Topliss-reactive ketones (excluding diaryl/α,β-unsaturated/α-hetero) is 1. The topological polar surface area (TPSA) is 60.7 Å². The average molecular weight is 324 g/mol. The van der Waals surface area contributed by atoms with Crippen LogP contribution >= 0.6 is 11.8 Å². The summed E-state index contributed by atoms with van der Waals surface area (Å²) in [5, 5.41) is 12.3. The summed E-state index contributed by atoms with van der Waals surface area (Å²) < 4.78 is 1.64. The Morgan fingerprint density at radius 2 is 1.83 bits per heavy atom. The number of benzene rings is 2. The van der Waals surface area contributed by atoms with E-state index in [4.69, 9.17) is 0 Å². The molecule has 2 aromatic carbocycles. The van der Waals surface area contributed by atoms with Crippen LogP contribution in [0.4, 0.5) is 0 Å². The number of ketones is 1. The highest BCUT2D eigenvalue weighted by molar-refractivity contribution is 7.99. The zero-order valence-corrected chi connectivity index (χ0v) is 13.5. The number of rotatable bonds is 6. The molecular formula is C17H16N4OS.